The Labute approximate surface area is 92.1 Å². The van der Waals surface area contributed by atoms with E-state index in [1.807, 2.05) is 0 Å². The van der Waals surface area contributed by atoms with E-state index in [4.69, 9.17) is 10.5 Å². The topological polar surface area (TPSA) is 50.5 Å². The van der Waals surface area contributed by atoms with E-state index in [1.165, 1.54) is 12.8 Å². The molecular formula is C11H23N3O. The van der Waals surface area contributed by atoms with Gasteiger partial charge in [0.1, 0.15) is 0 Å². The van der Waals surface area contributed by atoms with Crippen molar-refractivity contribution in [3.63, 3.8) is 0 Å². The molecule has 1 unspecified atom stereocenters. The van der Waals surface area contributed by atoms with E-state index >= 15 is 0 Å². The summed E-state index contributed by atoms with van der Waals surface area (Å²) in [6, 6.07) is 0. The molecule has 0 aromatic carbocycles. The summed E-state index contributed by atoms with van der Waals surface area (Å²) in [5.41, 5.74) is 9.77. The fraction of sp³-hybridized carbons (Fsp3) is 1.00. The van der Waals surface area contributed by atoms with Crippen molar-refractivity contribution in [3.8, 4) is 0 Å². The molecule has 1 aliphatic carbocycles. The summed E-state index contributed by atoms with van der Waals surface area (Å²) < 4.78 is 5.34. The fourth-order valence-corrected chi connectivity index (χ4v) is 2.44. The molecule has 3 N–H and O–H groups in total. The van der Waals surface area contributed by atoms with Gasteiger partial charge in [-0.3, -0.25) is 0 Å². The third kappa shape index (κ3) is 2.50. The van der Waals surface area contributed by atoms with Crippen LogP contribution in [0.1, 0.15) is 26.2 Å². The lowest BCUT2D eigenvalue weighted by Crippen LogP contribution is -2.61. The van der Waals surface area contributed by atoms with Crippen LogP contribution >= 0.6 is 0 Å². The first-order valence-corrected chi connectivity index (χ1v) is 6.11. The minimum Gasteiger partial charge on any atom is -0.379 e. The first-order valence-electron chi connectivity index (χ1n) is 6.11. The van der Waals surface area contributed by atoms with Crippen LogP contribution in [0.15, 0.2) is 0 Å². The van der Waals surface area contributed by atoms with Crippen molar-refractivity contribution >= 4 is 0 Å². The van der Waals surface area contributed by atoms with Gasteiger partial charge < -0.3 is 10.5 Å². The highest BCUT2D eigenvalue weighted by molar-refractivity contribution is 5.00. The molecule has 0 spiro atoms. The van der Waals surface area contributed by atoms with Crippen LogP contribution in [0.4, 0.5) is 0 Å². The van der Waals surface area contributed by atoms with E-state index in [0.29, 0.717) is 0 Å². The van der Waals surface area contributed by atoms with Crippen LogP contribution in [0.25, 0.3) is 0 Å². The van der Waals surface area contributed by atoms with Gasteiger partial charge in [0.2, 0.25) is 0 Å². The second-order valence-electron chi connectivity index (χ2n) is 4.70. The number of hydrazine groups is 1. The molecule has 0 aromatic rings. The lowest BCUT2D eigenvalue weighted by molar-refractivity contribution is -0.0167. The molecule has 2 aliphatic rings. The molecule has 1 aliphatic heterocycles. The number of hydrogen-bond acceptors (Lipinski definition) is 4. The molecule has 4 nitrogen and oxygen atoms in total. The van der Waals surface area contributed by atoms with Crippen LogP contribution < -0.4 is 11.2 Å². The third-order valence-electron chi connectivity index (χ3n) is 3.75. The van der Waals surface area contributed by atoms with Gasteiger partial charge in [-0.25, -0.2) is 10.4 Å². The minimum atomic E-state index is 0.150. The number of nitrogens with zero attached hydrogens (tertiary/aromatic N) is 1. The molecule has 1 saturated carbocycles. The zero-order valence-corrected chi connectivity index (χ0v) is 9.67. The molecule has 2 rings (SSSR count). The first kappa shape index (κ1) is 11.3. The number of hydrogen-bond donors (Lipinski definition) is 2. The second-order valence-corrected chi connectivity index (χ2v) is 4.70. The van der Waals surface area contributed by atoms with Crippen LogP contribution in [0, 0.1) is 5.92 Å². The second kappa shape index (κ2) is 4.78. The number of ether oxygens (including phenoxy) is 1. The minimum absolute atomic E-state index is 0.150. The largest absolute Gasteiger partial charge is 0.379 e. The van der Waals surface area contributed by atoms with Crippen molar-refractivity contribution in [3.05, 3.63) is 0 Å². The zero-order chi connectivity index (χ0) is 10.7. The monoisotopic (exact) mass is 213 g/mol. The predicted molar refractivity (Wildman–Crippen MR) is 60.3 cm³/mol. The molecule has 1 atom stereocenters. The Bertz CT molecular complexity index is 196. The number of rotatable bonds is 5. The average molecular weight is 213 g/mol. The molecule has 4 heteroatoms. The van der Waals surface area contributed by atoms with Crippen molar-refractivity contribution in [2.75, 3.05) is 32.8 Å². The van der Waals surface area contributed by atoms with Gasteiger partial charge in [0.05, 0.1) is 13.2 Å². The van der Waals surface area contributed by atoms with Crippen LogP contribution in [-0.2, 0) is 4.74 Å². The molecule has 0 aromatic heterocycles. The van der Waals surface area contributed by atoms with Crippen LogP contribution in [0.3, 0.4) is 0 Å². The Kier molecular flexibility index (Phi) is 3.61. The first-order chi connectivity index (χ1) is 7.30. The summed E-state index contributed by atoms with van der Waals surface area (Å²) in [5.74, 6) is 0.787. The van der Waals surface area contributed by atoms with Gasteiger partial charge in [0.15, 0.2) is 0 Å². The van der Waals surface area contributed by atoms with Gasteiger partial charge in [0.25, 0.3) is 0 Å². The molecule has 88 valence electrons. The maximum Gasteiger partial charge on any atom is 0.0608 e. The van der Waals surface area contributed by atoms with Crippen molar-refractivity contribution in [2.24, 2.45) is 11.7 Å². The van der Waals surface area contributed by atoms with Gasteiger partial charge in [-0.15, -0.1) is 0 Å². The quantitative estimate of drug-likeness (QED) is 0.691. The summed E-state index contributed by atoms with van der Waals surface area (Å²) >= 11 is 0. The van der Waals surface area contributed by atoms with E-state index in [0.717, 1.165) is 45.2 Å². The Morgan fingerprint density at radius 3 is 2.53 bits per heavy atom. The Morgan fingerprint density at radius 2 is 2.07 bits per heavy atom. The normalized spacial score (nSPS) is 27.6. The highest BCUT2D eigenvalue weighted by atomic mass is 16.5. The Balaban J connectivity index is 1.92. The molecule has 0 radical (unpaired) electrons. The third-order valence-corrected chi connectivity index (χ3v) is 3.75. The predicted octanol–water partition coefficient (Wildman–Crippen LogP) is 0.341. The average Bonchev–Trinajstić information content (AvgIpc) is 3.12. The van der Waals surface area contributed by atoms with Crippen LogP contribution in [0.5, 0.6) is 0 Å². The smallest absolute Gasteiger partial charge is 0.0608 e. The van der Waals surface area contributed by atoms with Crippen LogP contribution in [0.2, 0.25) is 0 Å². The summed E-state index contributed by atoms with van der Waals surface area (Å²) in [6.45, 7) is 6.61. The van der Waals surface area contributed by atoms with Gasteiger partial charge in [-0.2, -0.15) is 0 Å². The van der Waals surface area contributed by atoms with Gasteiger partial charge >= 0.3 is 0 Å². The van der Waals surface area contributed by atoms with E-state index < -0.39 is 0 Å². The zero-order valence-electron chi connectivity index (χ0n) is 9.67. The van der Waals surface area contributed by atoms with Crippen molar-refractivity contribution in [2.45, 2.75) is 31.7 Å². The number of nitrogens with one attached hydrogen (secondary N) is 1. The summed E-state index contributed by atoms with van der Waals surface area (Å²) in [6.07, 6.45) is 3.79. The van der Waals surface area contributed by atoms with E-state index in [1.54, 1.807) is 0 Å². The SMILES string of the molecule is CCC(CN)(NN1CCOCC1)C1CC1. The fourth-order valence-electron chi connectivity index (χ4n) is 2.44. The molecule has 15 heavy (non-hydrogen) atoms. The molecule has 1 heterocycles. The number of morpholine rings is 1. The maximum atomic E-state index is 5.96. The highest BCUT2D eigenvalue weighted by Gasteiger charge is 2.43. The Morgan fingerprint density at radius 1 is 1.40 bits per heavy atom. The van der Waals surface area contributed by atoms with Crippen LogP contribution in [-0.4, -0.2) is 43.4 Å². The summed E-state index contributed by atoms with van der Waals surface area (Å²) in [5, 5.41) is 2.29. The molecule has 1 saturated heterocycles. The van der Waals surface area contributed by atoms with E-state index in [2.05, 4.69) is 17.4 Å². The molecule has 2 fully saturated rings. The lowest BCUT2D eigenvalue weighted by Gasteiger charge is -2.40. The highest BCUT2D eigenvalue weighted by Crippen LogP contribution is 2.41. The summed E-state index contributed by atoms with van der Waals surface area (Å²) in [7, 11) is 0. The maximum absolute atomic E-state index is 5.96. The van der Waals surface area contributed by atoms with E-state index in [9.17, 15) is 0 Å². The van der Waals surface area contributed by atoms with Gasteiger partial charge in [-0.1, -0.05) is 6.92 Å². The number of nitrogens with two attached hydrogens (primary N) is 1. The standard InChI is InChI=1S/C11H23N3O/c1-2-11(9-12,10-3-4-10)13-14-5-7-15-8-6-14/h10,13H,2-9,12H2,1H3. The van der Waals surface area contributed by atoms with E-state index in [-0.39, 0.29) is 5.54 Å². The van der Waals surface area contributed by atoms with Gasteiger partial charge in [0, 0.05) is 25.2 Å². The molecule has 0 bridgehead atoms. The molecule has 0 amide bonds. The lowest BCUT2D eigenvalue weighted by atomic mass is 9.91. The molecular weight excluding hydrogens is 190 g/mol. The van der Waals surface area contributed by atoms with Crippen molar-refractivity contribution in [1.29, 1.82) is 0 Å². The van der Waals surface area contributed by atoms with Crippen molar-refractivity contribution < 1.29 is 4.74 Å². The van der Waals surface area contributed by atoms with Gasteiger partial charge in [-0.05, 0) is 25.2 Å². The summed E-state index contributed by atoms with van der Waals surface area (Å²) in [4.78, 5) is 0. The Hall–Kier alpha value is -0.160. The van der Waals surface area contributed by atoms with Crippen molar-refractivity contribution in [1.82, 2.24) is 10.4 Å².